The molecule has 1 aliphatic rings. The average Bonchev–Trinajstić information content (AvgIpc) is 2.35. The molecular weight excluding hydrogens is 273 g/mol. The third-order valence-corrected chi connectivity index (χ3v) is 4.21. The molecule has 20 heavy (non-hydrogen) atoms. The summed E-state index contributed by atoms with van der Waals surface area (Å²) in [6.45, 7) is 5.96. The van der Waals surface area contributed by atoms with Crippen LogP contribution in [-0.2, 0) is 9.59 Å². The average molecular weight is 294 g/mol. The van der Waals surface area contributed by atoms with Gasteiger partial charge in [-0.15, -0.1) is 0 Å². The molecule has 1 heterocycles. The first-order chi connectivity index (χ1) is 9.00. The van der Waals surface area contributed by atoms with Gasteiger partial charge in [0.1, 0.15) is 11.1 Å². The van der Waals surface area contributed by atoms with Crippen molar-refractivity contribution in [2.45, 2.75) is 64.2 Å². The van der Waals surface area contributed by atoms with E-state index in [0.717, 1.165) is 4.90 Å². The van der Waals surface area contributed by atoms with E-state index >= 15 is 0 Å². The predicted octanol–water partition coefficient (Wildman–Crippen LogP) is 2.23. The van der Waals surface area contributed by atoms with Gasteiger partial charge in [-0.1, -0.05) is 13.8 Å². The zero-order chi connectivity index (χ0) is 15.8. The predicted molar refractivity (Wildman–Crippen MR) is 67.9 cm³/mol. The molecule has 0 bridgehead atoms. The molecule has 4 nitrogen and oxygen atoms in total. The number of hydrogen-bond donors (Lipinski definition) is 1. The van der Waals surface area contributed by atoms with E-state index in [4.69, 9.17) is 0 Å². The third kappa shape index (κ3) is 2.91. The van der Waals surface area contributed by atoms with Crippen LogP contribution in [0, 0.1) is 0 Å². The summed E-state index contributed by atoms with van der Waals surface area (Å²) in [5.41, 5.74) is -2.35. The van der Waals surface area contributed by atoms with Crippen LogP contribution in [0.4, 0.5) is 13.2 Å². The highest BCUT2D eigenvalue weighted by atomic mass is 19.4. The Morgan fingerprint density at radius 1 is 1.15 bits per heavy atom. The van der Waals surface area contributed by atoms with Crippen LogP contribution in [0.2, 0.25) is 0 Å². The SMILES string of the molecule is CCC1(C)NC(=O)C(C)(CC)N(CCC(F)(F)F)C1=O. The van der Waals surface area contributed by atoms with E-state index in [9.17, 15) is 22.8 Å². The minimum Gasteiger partial charge on any atom is -0.340 e. The summed E-state index contributed by atoms with van der Waals surface area (Å²) < 4.78 is 37.3. The highest BCUT2D eigenvalue weighted by Crippen LogP contribution is 2.32. The van der Waals surface area contributed by atoms with Gasteiger partial charge < -0.3 is 10.2 Å². The Bertz CT molecular complexity index is 411. The van der Waals surface area contributed by atoms with Gasteiger partial charge in [0, 0.05) is 6.54 Å². The second-order valence-corrected chi connectivity index (χ2v) is 5.59. The fraction of sp³-hybridized carbons (Fsp3) is 0.846. The maximum Gasteiger partial charge on any atom is 0.390 e. The molecule has 2 atom stereocenters. The Balaban J connectivity index is 3.10. The number of piperazine rings is 1. The minimum atomic E-state index is -4.36. The van der Waals surface area contributed by atoms with Gasteiger partial charge in [-0.25, -0.2) is 0 Å². The van der Waals surface area contributed by atoms with Crippen LogP contribution in [-0.4, -0.2) is 40.5 Å². The molecule has 1 saturated heterocycles. The molecule has 0 aromatic carbocycles. The van der Waals surface area contributed by atoms with E-state index < -0.39 is 42.0 Å². The van der Waals surface area contributed by atoms with Gasteiger partial charge in [0.25, 0.3) is 0 Å². The molecule has 0 aromatic heterocycles. The number of halogens is 3. The van der Waals surface area contributed by atoms with E-state index in [0.29, 0.717) is 6.42 Å². The lowest BCUT2D eigenvalue weighted by Crippen LogP contribution is -2.74. The maximum absolute atomic E-state index is 12.5. The van der Waals surface area contributed by atoms with Crippen LogP contribution in [0.25, 0.3) is 0 Å². The third-order valence-electron chi connectivity index (χ3n) is 4.21. The first-order valence-corrected chi connectivity index (χ1v) is 6.71. The number of nitrogens with zero attached hydrogens (tertiary/aromatic N) is 1. The van der Waals surface area contributed by atoms with Crippen molar-refractivity contribution >= 4 is 11.8 Å². The molecule has 116 valence electrons. The van der Waals surface area contributed by atoms with Crippen molar-refractivity contribution < 1.29 is 22.8 Å². The second-order valence-electron chi connectivity index (χ2n) is 5.59. The van der Waals surface area contributed by atoms with E-state index in [2.05, 4.69) is 5.32 Å². The van der Waals surface area contributed by atoms with Crippen LogP contribution in [0.1, 0.15) is 47.0 Å². The molecule has 0 saturated carbocycles. The summed E-state index contributed by atoms with van der Waals surface area (Å²) in [5.74, 6) is -0.848. The van der Waals surface area contributed by atoms with Crippen molar-refractivity contribution in [3.05, 3.63) is 0 Å². The molecule has 0 radical (unpaired) electrons. The molecule has 1 aliphatic heterocycles. The molecule has 0 aromatic rings. The van der Waals surface area contributed by atoms with Crippen molar-refractivity contribution in [1.29, 1.82) is 0 Å². The van der Waals surface area contributed by atoms with Crippen LogP contribution < -0.4 is 5.32 Å². The van der Waals surface area contributed by atoms with Gasteiger partial charge in [0.15, 0.2) is 0 Å². The number of carbonyl (C=O) groups is 2. The molecule has 2 amide bonds. The number of amides is 2. The lowest BCUT2D eigenvalue weighted by molar-refractivity contribution is -0.169. The zero-order valence-corrected chi connectivity index (χ0v) is 12.2. The Labute approximate surface area is 116 Å². The monoisotopic (exact) mass is 294 g/mol. The summed E-state index contributed by atoms with van der Waals surface area (Å²) in [6, 6.07) is 0. The summed E-state index contributed by atoms with van der Waals surface area (Å²) in [4.78, 5) is 25.8. The van der Waals surface area contributed by atoms with Gasteiger partial charge in [0.2, 0.25) is 11.8 Å². The largest absolute Gasteiger partial charge is 0.390 e. The summed E-state index contributed by atoms with van der Waals surface area (Å²) >= 11 is 0. The topological polar surface area (TPSA) is 49.4 Å². The Hall–Kier alpha value is -1.27. The van der Waals surface area contributed by atoms with Crippen LogP contribution in [0.5, 0.6) is 0 Å². The van der Waals surface area contributed by atoms with Crippen LogP contribution >= 0.6 is 0 Å². The molecular formula is C13H21F3N2O2. The Kier molecular flexibility index (Phi) is 4.41. The number of hydrogen-bond acceptors (Lipinski definition) is 2. The fourth-order valence-electron chi connectivity index (χ4n) is 2.26. The summed E-state index contributed by atoms with van der Waals surface area (Å²) in [7, 11) is 0. The van der Waals surface area contributed by atoms with Crippen molar-refractivity contribution in [1.82, 2.24) is 10.2 Å². The standard InChI is InChI=1S/C13H21F3N2O2/c1-5-11(3)10(20)18(8-7-13(14,15)16)12(4,6-2)9(19)17-11/h5-8H2,1-4H3,(H,17,19). The molecule has 1 N–H and O–H groups in total. The first-order valence-electron chi connectivity index (χ1n) is 6.71. The van der Waals surface area contributed by atoms with Gasteiger partial charge in [-0.2, -0.15) is 13.2 Å². The molecule has 0 aliphatic carbocycles. The summed E-state index contributed by atoms with van der Waals surface area (Å²) in [6.07, 6.45) is -4.87. The molecule has 1 rings (SSSR count). The van der Waals surface area contributed by atoms with Crippen LogP contribution in [0.15, 0.2) is 0 Å². The van der Waals surface area contributed by atoms with E-state index in [1.54, 1.807) is 20.8 Å². The van der Waals surface area contributed by atoms with Gasteiger partial charge in [-0.3, -0.25) is 9.59 Å². The lowest BCUT2D eigenvalue weighted by Gasteiger charge is -2.50. The number of rotatable bonds is 4. The Morgan fingerprint density at radius 2 is 1.70 bits per heavy atom. The highest BCUT2D eigenvalue weighted by Gasteiger charge is 2.53. The Morgan fingerprint density at radius 3 is 2.10 bits per heavy atom. The van der Waals surface area contributed by atoms with Crippen molar-refractivity contribution in [3.8, 4) is 0 Å². The fourth-order valence-corrected chi connectivity index (χ4v) is 2.26. The van der Waals surface area contributed by atoms with Gasteiger partial charge in [-0.05, 0) is 26.7 Å². The number of alkyl halides is 3. The van der Waals surface area contributed by atoms with Crippen molar-refractivity contribution in [3.63, 3.8) is 0 Å². The molecule has 0 spiro atoms. The number of nitrogens with one attached hydrogen (secondary N) is 1. The van der Waals surface area contributed by atoms with E-state index in [-0.39, 0.29) is 6.42 Å². The second kappa shape index (κ2) is 5.26. The highest BCUT2D eigenvalue weighted by molar-refractivity contribution is 6.01. The normalized spacial score (nSPS) is 31.4. The summed E-state index contributed by atoms with van der Waals surface area (Å²) in [5, 5.41) is 2.65. The molecule has 2 unspecified atom stereocenters. The first kappa shape index (κ1) is 16.8. The van der Waals surface area contributed by atoms with Gasteiger partial charge >= 0.3 is 6.18 Å². The number of carbonyl (C=O) groups excluding carboxylic acids is 2. The van der Waals surface area contributed by atoms with Crippen molar-refractivity contribution in [2.24, 2.45) is 0 Å². The molecule has 1 fully saturated rings. The van der Waals surface area contributed by atoms with Crippen LogP contribution in [0.3, 0.4) is 0 Å². The van der Waals surface area contributed by atoms with E-state index in [1.807, 2.05) is 0 Å². The maximum atomic E-state index is 12.5. The quantitative estimate of drug-likeness (QED) is 0.864. The van der Waals surface area contributed by atoms with E-state index in [1.165, 1.54) is 6.92 Å². The van der Waals surface area contributed by atoms with Gasteiger partial charge in [0.05, 0.1) is 6.42 Å². The van der Waals surface area contributed by atoms with Crippen molar-refractivity contribution in [2.75, 3.05) is 6.54 Å². The minimum absolute atomic E-state index is 0.266. The zero-order valence-electron chi connectivity index (χ0n) is 12.2. The smallest absolute Gasteiger partial charge is 0.340 e. The molecule has 7 heteroatoms. The lowest BCUT2D eigenvalue weighted by atomic mass is 9.84.